The van der Waals surface area contributed by atoms with E-state index in [1.807, 2.05) is 0 Å². The van der Waals surface area contributed by atoms with Crippen LogP contribution < -0.4 is 0 Å². The largest absolute Gasteiger partial charge is 0.411 e. The highest BCUT2D eigenvalue weighted by Crippen LogP contribution is 2.04. The molecule has 0 radical (unpaired) electrons. The van der Waals surface area contributed by atoms with Gasteiger partial charge in [0.1, 0.15) is 0 Å². The third kappa shape index (κ3) is 1.52. The average molecular weight is 154 g/mol. The van der Waals surface area contributed by atoms with Gasteiger partial charge in [-0.25, -0.2) is 4.39 Å². The maximum Gasteiger partial charge on any atom is 0.150 e. The van der Waals surface area contributed by atoms with Gasteiger partial charge in [0.25, 0.3) is 0 Å². The van der Waals surface area contributed by atoms with Crippen LogP contribution in [0.1, 0.15) is 12.5 Å². The van der Waals surface area contributed by atoms with Crippen LogP contribution in [-0.2, 0) is 0 Å². The standard InChI is InChI=1S/C7H7FN2O/c1-5(10-11)6-2-3-9-4-7(6)8/h2-4,11H,1H3/b10-5-. The fraction of sp³-hybridized carbons (Fsp3) is 0.143. The summed E-state index contributed by atoms with van der Waals surface area (Å²) in [4.78, 5) is 3.55. The Kier molecular flexibility index (Phi) is 2.15. The molecule has 0 saturated carbocycles. The zero-order valence-corrected chi connectivity index (χ0v) is 5.95. The minimum absolute atomic E-state index is 0.241. The summed E-state index contributed by atoms with van der Waals surface area (Å²) in [5.41, 5.74) is 0.507. The van der Waals surface area contributed by atoms with Crippen molar-refractivity contribution in [3.63, 3.8) is 0 Å². The molecule has 0 aliphatic heterocycles. The van der Waals surface area contributed by atoms with E-state index in [9.17, 15) is 4.39 Å². The summed E-state index contributed by atoms with van der Waals surface area (Å²) in [6.07, 6.45) is 2.51. The Labute approximate surface area is 63.2 Å². The molecule has 0 atom stereocenters. The van der Waals surface area contributed by atoms with Crippen LogP contribution in [0.15, 0.2) is 23.6 Å². The van der Waals surface area contributed by atoms with E-state index in [-0.39, 0.29) is 11.3 Å². The van der Waals surface area contributed by atoms with E-state index >= 15 is 0 Å². The van der Waals surface area contributed by atoms with Crippen molar-refractivity contribution in [2.75, 3.05) is 0 Å². The molecule has 0 amide bonds. The summed E-state index contributed by atoms with van der Waals surface area (Å²) in [7, 11) is 0. The molecule has 1 heterocycles. The number of nitrogens with zero attached hydrogens (tertiary/aromatic N) is 2. The van der Waals surface area contributed by atoms with Crippen molar-refractivity contribution in [2.24, 2.45) is 5.16 Å². The van der Waals surface area contributed by atoms with E-state index in [0.29, 0.717) is 0 Å². The molecule has 0 bridgehead atoms. The molecule has 1 aromatic rings. The number of oxime groups is 1. The third-order valence-electron chi connectivity index (χ3n) is 1.31. The van der Waals surface area contributed by atoms with Crippen LogP contribution in [0.5, 0.6) is 0 Å². The summed E-state index contributed by atoms with van der Waals surface area (Å²) in [5, 5.41) is 11.2. The van der Waals surface area contributed by atoms with Gasteiger partial charge in [0.15, 0.2) is 5.82 Å². The van der Waals surface area contributed by atoms with Gasteiger partial charge in [0, 0.05) is 11.8 Å². The molecule has 0 unspecified atom stereocenters. The van der Waals surface area contributed by atoms with Gasteiger partial charge in [0.05, 0.1) is 11.9 Å². The number of hydrogen-bond acceptors (Lipinski definition) is 3. The smallest absolute Gasteiger partial charge is 0.150 e. The van der Waals surface area contributed by atoms with Gasteiger partial charge in [-0.15, -0.1) is 0 Å². The van der Waals surface area contributed by atoms with Crippen molar-refractivity contribution < 1.29 is 9.60 Å². The second-order valence-electron chi connectivity index (χ2n) is 2.04. The molecule has 0 aliphatic rings. The first-order chi connectivity index (χ1) is 5.25. The van der Waals surface area contributed by atoms with Gasteiger partial charge in [-0.3, -0.25) is 4.98 Å². The highest BCUT2D eigenvalue weighted by molar-refractivity contribution is 5.98. The maximum absolute atomic E-state index is 12.8. The second-order valence-corrected chi connectivity index (χ2v) is 2.04. The van der Waals surface area contributed by atoms with E-state index < -0.39 is 5.82 Å². The summed E-state index contributed by atoms with van der Waals surface area (Å²) in [5.74, 6) is -0.484. The van der Waals surface area contributed by atoms with E-state index in [1.54, 1.807) is 0 Å². The Balaban J connectivity index is 3.14. The topological polar surface area (TPSA) is 45.5 Å². The van der Waals surface area contributed by atoms with Gasteiger partial charge in [-0.05, 0) is 13.0 Å². The molecular formula is C7H7FN2O. The van der Waals surface area contributed by atoms with Crippen LogP contribution >= 0.6 is 0 Å². The fourth-order valence-electron chi connectivity index (χ4n) is 0.722. The number of hydrogen-bond donors (Lipinski definition) is 1. The zero-order valence-electron chi connectivity index (χ0n) is 5.95. The first kappa shape index (κ1) is 7.65. The van der Waals surface area contributed by atoms with E-state index in [2.05, 4.69) is 10.1 Å². The van der Waals surface area contributed by atoms with Crippen LogP contribution in [0, 0.1) is 5.82 Å². The van der Waals surface area contributed by atoms with Gasteiger partial charge >= 0.3 is 0 Å². The molecule has 0 saturated heterocycles. The van der Waals surface area contributed by atoms with Crippen LogP contribution in [0.4, 0.5) is 4.39 Å². The predicted molar refractivity (Wildman–Crippen MR) is 38.2 cm³/mol. The lowest BCUT2D eigenvalue weighted by atomic mass is 10.2. The summed E-state index contributed by atoms with van der Waals surface area (Å²) in [6.45, 7) is 1.51. The summed E-state index contributed by atoms with van der Waals surface area (Å²) in [6, 6.07) is 1.45. The Morgan fingerprint density at radius 3 is 3.00 bits per heavy atom. The van der Waals surface area contributed by atoms with E-state index in [0.717, 1.165) is 6.20 Å². The molecule has 0 aromatic carbocycles. The minimum atomic E-state index is -0.484. The predicted octanol–water partition coefficient (Wildman–Crippen LogP) is 1.42. The Bertz CT molecular complexity index is 286. The Morgan fingerprint density at radius 2 is 2.45 bits per heavy atom. The molecule has 1 N–H and O–H groups in total. The molecule has 4 heteroatoms. The normalized spacial score (nSPS) is 11.6. The van der Waals surface area contributed by atoms with Crippen LogP contribution in [-0.4, -0.2) is 15.9 Å². The average Bonchev–Trinajstić information content (AvgIpc) is 2.04. The van der Waals surface area contributed by atoms with E-state index in [4.69, 9.17) is 5.21 Å². The lowest BCUT2D eigenvalue weighted by Crippen LogP contribution is -1.98. The van der Waals surface area contributed by atoms with Gasteiger partial charge in [0.2, 0.25) is 0 Å². The number of aromatic nitrogens is 1. The van der Waals surface area contributed by atoms with Crippen molar-refractivity contribution in [1.29, 1.82) is 0 Å². The van der Waals surface area contributed by atoms with Crippen LogP contribution in [0.3, 0.4) is 0 Å². The highest BCUT2D eigenvalue weighted by atomic mass is 19.1. The zero-order chi connectivity index (χ0) is 8.27. The van der Waals surface area contributed by atoms with Gasteiger partial charge < -0.3 is 5.21 Å². The maximum atomic E-state index is 12.8. The molecule has 0 spiro atoms. The van der Waals surface area contributed by atoms with Crippen molar-refractivity contribution in [3.05, 3.63) is 29.8 Å². The lowest BCUT2D eigenvalue weighted by Gasteiger charge is -1.97. The molecule has 3 nitrogen and oxygen atoms in total. The first-order valence-electron chi connectivity index (χ1n) is 3.04. The Hall–Kier alpha value is -1.45. The molecule has 0 aliphatic carbocycles. The van der Waals surface area contributed by atoms with Gasteiger partial charge in [-0.1, -0.05) is 5.16 Å². The summed E-state index contributed by atoms with van der Waals surface area (Å²) < 4.78 is 12.8. The van der Waals surface area contributed by atoms with Crippen LogP contribution in [0.2, 0.25) is 0 Å². The molecule has 0 fully saturated rings. The number of rotatable bonds is 1. The molecule has 58 valence electrons. The van der Waals surface area contributed by atoms with Crippen molar-refractivity contribution >= 4 is 5.71 Å². The van der Waals surface area contributed by atoms with Crippen molar-refractivity contribution in [2.45, 2.75) is 6.92 Å². The first-order valence-corrected chi connectivity index (χ1v) is 3.04. The number of halogens is 1. The van der Waals surface area contributed by atoms with Crippen LogP contribution in [0.25, 0.3) is 0 Å². The fourth-order valence-corrected chi connectivity index (χ4v) is 0.722. The highest BCUT2D eigenvalue weighted by Gasteiger charge is 2.03. The Morgan fingerprint density at radius 1 is 1.73 bits per heavy atom. The lowest BCUT2D eigenvalue weighted by molar-refractivity contribution is 0.319. The van der Waals surface area contributed by atoms with Gasteiger partial charge in [-0.2, -0.15) is 0 Å². The molecule has 1 aromatic heterocycles. The number of pyridine rings is 1. The van der Waals surface area contributed by atoms with Crippen molar-refractivity contribution in [3.8, 4) is 0 Å². The van der Waals surface area contributed by atoms with E-state index in [1.165, 1.54) is 19.2 Å². The SMILES string of the molecule is C/C(=N/O)c1ccncc1F. The van der Waals surface area contributed by atoms with Crippen molar-refractivity contribution in [1.82, 2.24) is 4.98 Å². The molecule has 11 heavy (non-hydrogen) atoms. The third-order valence-corrected chi connectivity index (χ3v) is 1.31. The quantitative estimate of drug-likeness (QED) is 0.377. The second kappa shape index (κ2) is 3.09. The molecule has 1 rings (SSSR count). The summed E-state index contributed by atoms with van der Waals surface area (Å²) >= 11 is 0. The monoisotopic (exact) mass is 154 g/mol. The molecular weight excluding hydrogens is 147 g/mol. The minimum Gasteiger partial charge on any atom is -0.411 e.